The molecule has 160 valence electrons. The third kappa shape index (κ3) is 3.91. The third-order valence-electron chi connectivity index (χ3n) is 4.71. The molecule has 4 aromatic rings. The van der Waals surface area contributed by atoms with Crippen LogP contribution in [0, 0.1) is 13.8 Å². The molecule has 0 atom stereocenters. The highest BCUT2D eigenvalue weighted by Crippen LogP contribution is 2.28. The number of anilines is 1. The van der Waals surface area contributed by atoms with Gasteiger partial charge in [0.05, 0.1) is 18.3 Å². The second-order valence-corrected chi connectivity index (χ2v) is 9.70. The zero-order chi connectivity index (χ0) is 22.2. The van der Waals surface area contributed by atoms with Crippen LogP contribution in [0.3, 0.4) is 0 Å². The van der Waals surface area contributed by atoms with E-state index in [-0.39, 0.29) is 22.2 Å². The van der Waals surface area contributed by atoms with Crippen molar-refractivity contribution in [2.24, 2.45) is 0 Å². The number of hydrogen-bond donors (Lipinski definition) is 1. The monoisotopic (exact) mass is 456 g/mol. The molecule has 3 aromatic heterocycles. The van der Waals surface area contributed by atoms with Crippen LogP contribution < -0.4 is 4.72 Å². The Bertz CT molecular complexity index is 1380. The largest absolute Gasteiger partial charge is 0.462 e. The van der Waals surface area contributed by atoms with Gasteiger partial charge in [0.2, 0.25) is 0 Å². The Hall–Kier alpha value is -3.24. The SMILES string of the molecule is CCOC(=O)c1cnn(-c2cc(C)c3cccc(C)c3n2)c1NS(=O)(=O)c1cccs1. The Kier molecular flexibility index (Phi) is 5.50. The van der Waals surface area contributed by atoms with Gasteiger partial charge in [-0.2, -0.15) is 9.78 Å². The standard InChI is InChI=1S/C21H20N4O4S2/c1-4-29-21(26)16-12-22-25(20(16)24-31(27,28)18-9-6-10-30-18)17-11-14(3)15-8-5-7-13(2)19(15)23-17/h5-12,24H,4H2,1-3H3. The first-order valence-electron chi connectivity index (χ1n) is 9.50. The number of pyridine rings is 1. The smallest absolute Gasteiger partial charge is 0.343 e. The summed E-state index contributed by atoms with van der Waals surface area (Å²) in [6.07, 6.45) is 1.28. The van der Waals surface area contributed by atoms with Crippen LogP contribution in [-0.4, -0.2) is 35.8 Å². The summed E-state index contributed by atoms with van der Waals surface area (Å²) in [6, 6.07) is 10.8. The zero-order valence-electron chi connectivity index (χ0n) is 17.1. The number of esters is 1. The summed E-state index contributed by atoms with van der Waals surface area (Å²) >= 11 is 1.07. The van der Waals surface area contributed by atoms with Gasteiger partial charge >= 0.3 is 5.97 Å². The number of rotatable bonds is 6. The second kappa shape index (κ2) is 8.12. The molecule has 0 saturated carbocycles. The molecular weight excluding hydrogens is 436 g/mol. The molecule has 0 spiro atoms. The van der Waals surface area contributed by atoms with Gasteiger partial charge in [-0.3, -0.25) is 4.72 Å². The van der Waals surface area contributed by atoms with Crippen molar-refractivity contribution >= 4 is 44.1 Å². The van der Waals surface area contributed by atoms with Crippen LogP contribution in [-0.2, 0) is 14.8 Å². The lowest BCUT2D eigenvalue weighted by Gasteiger charge is -2.13. The average molecular weight is 457 g/mol. The molecule has 31 heavy (non-hydrogen) atoms. The van der Waals surface area contributed by atoms with Crippen molar-refractivity contribution < 1.29 is 17.9 Å². The van der Waals surface area contributed by atoms with Crippen LogP contribution in [0.1, 0.15) is 28.4 Å². The summed E-state index contributed by atoms with van der Waals surface area (Å²) in [7, 11) is -3.93. The molecule has 0 aliphatic carbocycles. The number of carbonyl (C=O) groups is 1. The minimum atomic E-state index is -3.93. The quantitative estimate of drug-likeness (QED) is 0.439. The van der Waals surface area contributed by atoms with E-state index in [9.17, 15) is 13.2 Å². The predicted octanol–water partition coefficient (Wildman–Crippen LogP) is 4.08. The minimum absolute atomic E-state index is 0.00585. The molecule has 4 rings (SSSR count). The van der Waals surface area contributed by atoms with Gasteiger partial charge in [-0.1, -0.05) is 24.3 Å². The van der Waals surface area contributed by atoms with Crippen LogP contribution in [0.2, 0.25) is 0 Å². The van der Waals surface area contributed by atoms with E-state index in [2.05, 4.69) is 9.82 Å². The number of sulfonamides is 1. The Balaban J connectivity index is 1.90. The minimum Gasteiger partial charge on any atom is -0.462 e. The van der Waals surface area contributed by atoms with E-state index in [1.165, 1.54) is 16.9 Å². The fraction of sp³-hybridized carbons (Fsp3) is 0.190. The maximum Gasteiger partial charge on any atom is 0.343 e. The van der Waals surface area contributed by atoms with E-state index < -0.39 is 16.0 Å². The summed E-state index contributed by atoms with van der Waals surface area (Å²) < 4.78 is 34.8. The number of hydrogen-bond acceptors (Lipinski definition) is 7. The van der Waals surface area contributed by atoms with Crippen molar-refractivity contribution in [1.82, 2.24) is 14.8 Å². The predicted molar refractivity (Wildman–Crippen MR) is 119 cm³/mol. The number of para-hydroxylation sites is 1. The molecule has 0 aliphatic rings. The van der Waals surface area contributed by atoms with Gasteiger partial charge in [-0.25, -0.2) is 18.2 Å². The molecule has 0 amide bonds. The molecule has 8 nitrogen and oxygen atoms in total. The lowest BCUT2D eigenvalue weighted by atomic mass is 10.1. The number of nitrogens with zero attached hydrogens (tertiary/aromatic N) is 3. The normalized spacial score (nSPS) is 11.6. The molecule has 10 heteroatoms. The number of aryl methyl sites for hydroxylation is 2. The molecule has 0 radical (unpaired) electrons. The number of nitrogens with one attached hydrogen (secondary N) is 1. The number of thiophene rings is 1. The topological polar surface area (TPSA) is 103 Å². The van der Waals surface area contributed by atoms with Gasteiger partial charge in [-0.15, -0.1) is 11.3 Å². The fourth-order valence-electron chi connectivity index (χ4n) is 3.22. The maximum atomic E-state index is 12.9. The number of ether oxygens (including phenoxy) is 1. The van der Waals surface area contributed by atoms with Crippen LogP contribution in [0.25, 0.3) is 16.7 Å². The van der Waals surface area contributed by atoms with Crippen molar-refractivity contribution in [3.05, 3.63) is 64.7 Å². The molecule has 0 fully saturated rings. The van der Waals surface area contributed by atoms with Gasteiger partial charge in [-0.05, 0) is 49.4 Å². The summed E-state index contributed by atoms with van der Waals surface area (Å²) in [4.78, 5) is 17.2. The lowest BCUT2D eigenvalue weighted by Crippen LogP contribution is -2.18. The number of benzene rings is 1. The number of carbonyl (C=O) groups excluding carboxylic acids is 1. The van der Waals surface area contributed by atoms with Gasteiger partial charge in [0.25, 0.3) is 10.0 Å². The average Bonchev–Trinajstić information content (AvgIpc) is 3.39. The van der Waals surface area contributed by atoms with E-state index in [0.29, 0.717) is 5.82 Å². The molecule has 1 aromatic carbocycles. The highest BCUT2D eigenvalue weighted by atomic mass is 32.2. The van der Waals surface area contributed by atoms with Crippen LogP contribution >= 0.6 is 11.3 Å². The Labute approximate surface area is 183 Å². The Morgan fingerprint density at radius 1 is 1.19 bits per heavy atom. The summed E-state index contributed by atoms with van der Waals surface area (Å²) in [5, 5.41) is 6.91. The van der Waals surface area contributed by atoms with E-state index in [1.54, 1.807) is 24.4 Å². The van der Waals surface area contributed by atoms with E-state index in [4.69, 9.17) is 9.72 Å². The summed E-state index contributed by atoms with van der Waals surface area (Å²) in [5.41, 5.74) is 2.70. The Morgan fingerprint density at radius 3 is 2.71 bits per heavy atom. The highest BCUT2D eigenvalue weighted by Gasteiger charge is 2.26. The first kappa shape index (κ1) is 21.0. The summed E-state index contributed by atoms with van der Waals surface area (Å²) in [5.74, 6) is -0.309. The second-order valence-electron chi connectivity index (χ2n) is 6.85. The molecule has 0 bridgehead atoms. The van der Waals surface area contributed by atoms with Crippen molar-refractivity contribution in [1.29, 1.82) is 0 Å². The van der Waals surface area contributed by atoms with Crippen LogP contribution in [0.15, 0.2) is 52.2 Å². The van der Waals surface area contributed by atoms with Crippen molar-refractivity contribution in [2.45, 2.75) is 25.0 Å². The molecule has 0 saturated heterocycles. The fourth-order valence-corrected chi connectivity index (χ4v) is 5.28. The van der Waals surface area contributed by atoms with Gasteiger partial charge < -0.3 is 4.74 Å². The summed E-state index contributed by atoms with van der Waals surface area (Å²) in [6.45, 7) is 5.72. The van der Waals surface area contributed by atoms with E-state index in [0.717, 1.165) is 33.4 Å². The number of fused-ring (bicyclic) bond motifs is 1. The van der Waals surface area contributed by atoms with Gasteiger partial charge in [0.1, 0.15) is 9.77 Å². The first-order chi connectivity index (χ1) is 14.8. The maximum absolute atomic E-state index is 12.9. The van der Waals surface area contributed by atoms with E-state index >= 15 is 0 Å². The highest BCUT2D eigenvalue weighted by molar-refractivity contribution is 7.94. The van der Waals surface area contributed by atoms with Crippen molar-refractivity contribution in [2.75, 3.05) is 11.3 Å². The van der Waals surface area contributed by atoms with Gasteiger partial charge in [0.15, 0.2) is 11.6 Å². The third-order valence-corrected chi connectivity index (χ3v) is 7.44. The number of aromatic nitrogens is 3. The van der Waals surface area contributed by atoms with E-state index in [1.807, 2.05) is 32.0 Å². The van der Waals surface area contributed by atoms with Crippen LogP contribution in [0.4, 0.5) is 5.82 Å². The molecule has 0 aliphatic heterocycles. The lowest BCUT2D eigenvalue weighted by molar-refractivity contribution is 0.0527. The Morgan fingerprint density at radius 2 is 2.00 bits per heavy atom. The zero-order valence-corrected chi connectivity index (χ0v) is 18.8. The first-order valence-corrected chi connectivity index (χ1v) is 11.9. The van der Waals surface area contributed by atoms with Gasteiger partial charge in [0, 0.05) is 5.39 Å². The molecule has 3 heterocycles. The molecule has 0 unspecified atom stereocenters. The molecule has 1 N–H and O–H groups in total. The molecular formula is C21H20N4O4S2. The van der Waals surface area contributed by atoms with Crippen LogP contribution in [0.5, 0.6) is 0 Å². The van der Waals surface area contributed by atoms with Crippen molar-refractivity contribution in [3.8, 4) is 5.82 Å². The van der Waals surface area contributed by atoms with Crippen molar-refractivity contribution in [3.63, 3.8) is 0 Å².